The predicted molar refractivity (Wildman–Crippen MR) is 94.2 cm³/mol. The normalized spacial score (nSPS) is 15.0. The lowest BCUT2D eigenvalue weighted by atomic mass is 10.1. The first-order chi connectivity index (χ1) is 10.2. The highest BCUT2D eigenvalue weighted by Gasteiger charge is 2.12. The van der Waals surface area contributed by atoms with Crippen LogP contribution in [0, 0.1) is 0 Å². The molecule has 0 saturated carbocycles. The summed E-state index contributed by atoms with van der Waals surface area (Å²) in [5.74, 6) is 0. The molecule has 1 N–H and O–H groups in total. The second-order valence-corrected chi connectivity index (χ2v) is 7.58. The summed E-state index contributed by atoms with van der Waals surface area (Å²) in [5.41, 5.74) is 4.38. The summed E-state index contributed by atoms with van der Waals surface area (Å²) in [6.07, 6.45) is 3.81. The molecule has 0 aromatic heterocycles. The molecule has 0 fully saturated rings. The molecule has 1 unspecified atom stereocenters. The van der Waals surface area contributed by atoms with Crippen molar-refractivity contribution < 1.29 is 0 Å². The minimum Gasteiger partial charge on any atom is -0.313 e. The third-order valence-corrected chi connectivity index (χ3v) is 5.84. The van der Waals surface area contributed by atoms with E-state index in [4.69, 9.17) is 0 Å². The van der Waals surface area contributed by atoms with Crippen molar-refractivity contribution in [2.24, 2.45) is 0 Å². The van der Waals surface area contributed by atoms with Gasteiger partial charge in [-0.05, 0) is 74.2 Å². The molecule has 0 amide bonds. The largest absolute Gasteiger partial charge is 0.313 e. The van der Waals surface area contributed by atoms with E-state index in [0.717, 1.165) is 0 Å². The highest BCUT2D eigenvalue weighted by Crippen LogP contribution is 2.35. The van der Waals surface area contributed by atoms with Crippen LogP contribution in [0.2, 0.25) is 0 Å². The molecule has 1 aliphatic rings. The molecule has 0 spiro atoms. The molecule has 0 radical (unpaired) electrons. The van der Waals surface area contributed by atoms with Gasteiger partial charge in [0.05, 0.1) is 0 Å². The Morgan fingerprint density at radius 3 is 2.52 bits per heavy atom. The standard InChI is InChI=1S/C18H20BrNS/c1-12(20-2)17-9-8-16(11-18(17)19)21-15-7-6-13-4-3-5-14(13)10-15/h6-12,20H,3-5H2,1-2H3. The fourth-order valence-electron chi connectivity index (χ4n) is 2.83. The van der Waals surface area contributed by atoms with Gasteiger partial charge in [0, 0.05) is 20.3 Å². The lowest BCUT2D eigenvalue weighted by Crippen LogP contribution is -2.12. The maximum Gasteiger partial charge on any atom is 0.0300 e. The van der Waals surface area contributed by atoms with E-state index in [-0.39, 0.29) is 0 Å². The summed E-state index contributed by atoms with van der Waals surface area (Å²) in [4.78, 5) is 2.63. The van der Waals surface area contributed by atoms with Gasteiger partial charge in [-0.25, -0.2) is 0 Å². The molecule has 1 atom stereocenters. The number of aryl methyl sites for hydroxylation is 2. The Balaban J connectivity index is 1.80. The topological polar surface area (TPSA) is 12.0 Å². The molecule has 0 heterocycles. The van der Waals surface area contributed by atoms with Gasteiger partial charge >= 0.3 is 0 Å². The Hall–Kier alpha value is -0.770. The van der Waals surface area contributed by atoms with Crippen molar-refractivity contribution in [2.45, 2.75) is 42.0 Å². The van der Waals surface area contributed by atoms with Crippen LogP contribution in [0.1, 0.15) is 36.1 Å². The van der Waals surface area contributed by atoms with Gasteiger partial charge in [0.1, 0.15) is 0 Å². The van der Waals surface area contributed by atoms with E-state index in [1.807, 2.05) is 18.8 Å². The van der Waals surface area contributed by atoms with Crippen LogP contribution in [-0.2, 0) is 12.8 Å². The first-order valence-electron chi connectivity index (χ1n) is 7.44. The Morgan fingerprint density at radius 1 is 1.05 bits per heavy atom. The van der Waals surface area contributed by atoms with Crippen LogP contribution in [0.4, 0.5) is 0 Å². The predicted octanol–water partition coefficient (Wildman–Crippen LogP) is 5.37. The van der Waals surface area contributed by atoms with Crippen molar-refractivity contribution in [2.75, 3.05) is 7.05 Å². The van der Waals surface area contributed by atoms with Gasteiger partial charge in [0.25, 0.3) is 0 Å². The van der Waals surface area contributed by atoms with Crippen LogP contribution < -0.4 is 5.32 Å². The van der Waals surface area contributed by atoms with Gasteiger partial charge in [0.2, 0.25) is 0 Å². The maximum atomic E-state index is 3.70. The molecule has 0 aliphatic heterocycles. The Morgan fingerprint density at radius 2 is 1.76 bits per heavy atom. The molecule has 1 aliphatic carbocycles. The zero-order chi connectivity index (χ0) is 14.8. The van der Waals surface area contributed by atoms with Crippen molar-refractivity contribution in [3.63, 3.8) is 0 Å². The van der Waals surface area contributed by atoms with Gasteiger partial charge in [0.15, 0.2) is 0 Å². The molecule has 2 aromatic rings. The summed E-state index contributed by atoms with van der Waals surface area (Å²) < 4.78 is 1.18. The van der Waals surface area contributed by atoms with E-state index in [2.05, 4.69) is 64.6 Å². The number of nitrogens with one attached hydrogen (secondary N) is 1. The minimum atomic E-state index is 0.360. The second-order valence-electron chi connectivity index (χ2n) is 5.58. The molecule has 21 heavy (non-hydrogen) atoms. The van der Waals surface area contributed by atoms with Crippen LogP contribution in [0.3, 0.4) is 0 Å². The molecule has 1 nitrogen and oxygen atoms in total. The van der Waals surface area contributed by atoms with E-state index in [0.29, 0.717) is 6.04 Å². The molecule has 3 rings (SSSR count). The van der Waals surface area contributed by atoms with Crippen LogP contribution in [0.25, 0.3) is 0 Å². The van der Waals surface area contributed by atoms with Crippen molar-refractivity contribution >= 4 is 27.7 Å². The monoisotopic (exact) mass is 361 g/mol. The minimum absolute atomic E-state index is 0.360. The van der Waals surface area contributed by atoms with Crippen LogP contribution in [0.5, 0.6) is 0 Å². The van der Waals surface area contributed by atoms with Gasteiger partial charge in [-0.2, -0.15) is 0 Å². The molecule has 110 valence electrons. The number of rotatable bonds is 4. The number of hydrogen-bond acceptors (Lipinski definition) is 2. The van der Waals surface area contributed by atoms with E-state index in [1.54, 1.807) is 11.1 Å². The molecule has 0 bridgehead atoms. The fraction of sp³-hybridized carbons (Fsp3) is 0.333. The van der Waals surface area contributed by atoms with Gasteiger partial charge in [-0.3, -0.25) is 0 Å². The molecular weight excluding hydrogens is 342 g/mol. The van der Waals surface area contributed by atoms with Crippen molar-refractivity contribution in [3.05, 3.63) is 57.6 Å². The summed E-state index contributed by atoms with van der Waals surface area (Å²) in [5, 5.41) is 3.28. The lowest BCUT2D eigenvalue weighted by molar-refractivity contribution is 0.649. The smallest absolute Gasteiger partial charge is 0.0300 e. The Bertz CT molecular complexity index is 654. The van der Waals surface area contributed by atoms with Gasteiger partial charge in [-0.1, -0.05) is 39.8 Å². The number of hydrogen-bond donors (Lipinski definition) is 1. The van der Waals surface area contributed by atoms with E-state index < -0.39 is 0 Å². The van der Waals surface area contributed by atoms with Gasteiger partial charge < -0.3 is 5.32 Å². The van der Waals surface area contributed by atoms with Gasteiger partial charge in [-0.15, -0.1) is 0 Å². The van der Waals surface area contributed by atoms with Crippen LogP contribution >= 0.6 is 27.7 Å². The average Bonchev–Trinajstić information content (AvgIpc) is 2.94. The SMILES string of the molecule is CNC(C)c1ccc(Sc2ccc3c(c2)CCC3)cc1Br. The summed E-state index contributed by atoms with van der Waals surface area (Å²) in [7, 11) is 1.99. The Labute approximate surface area is 139 Å². The van der Waals surface area contributed by atoms with Crippen molar-refractivity contribution in [1.29, 1.82) is 0 Å². The second kappa shape index (κ2) is 6.55. The molecule has 3 heteroatoms. The quantitative estimate of drug-likeness (QED) is 0.785. The summed E-state index contributed by atoms with van der Waals surface area (Å²) in [6.45, 7) is 2.17. The van der Waals surface area contributed by atoms with Crippen LogP contribution in [-0.4, -0.2) is 7.05 Å². The maximum absolute atomic E-state index is 3.70. The van der Waals surface area contributed by atoms with Crippen LogP contribution in [0.15, 0.2) is 50.7 Å². The highest BCUT2D eigenvalue weighted by atomic mass is 79.9. The average molecular weight is 362 g/mol. The van der Waals surface area contributed by atoms with E-state index in [9.17, 15) is 0 Å². The molecule has 0 saturated heterocycles. The molecule has 2 aromatic carbocycles. The fourth-order valence-corrected chi connectivity index (χ4v) is 4.62. The number of benzene rings is 2. The van der Waals surface area contributed by atoms with Crippen molar-refractivity contribution in [3.8, 4) is 0 Å². The summed E-state index contributed by atoms with van der Waals surface area (Å²) in [6, 6.07) is 13.9. The highest BCUT2D eigenvalue weighted by molar-refractivity contribution is 9.10. The summed E-state index contributed by atoms with van der Waals surface area (Å²) >= 11 is 5.54. The first kappa shape index (κ1) is 15.1. The third-order valence-electron chi connectivity index (χ3n) is 4.18. The number of fused-ring (bicyclic) bond motifs is 1. The van der Waals surface area contributed by atoms with Crippen molar-refractivity contribution in [1.82, 2.24) is 5.32 Å². The molecular formula is C18H20BrNS. The zero-order valence-corrected chi connectivity index (χ0v) is 14.9. The zero-order valence-electron chi connectivity index (χ0n) is 12.4. The number of halogens is 1. The Kier molecular flexibility index (Phi) is 4.72. The van der Waals surface area contributed by atoms with E-state index >= 15 is 0 Å². The van der Waals surface area contributed by atoms with E-state index in [1.165, 1.54) is 39.1 Å². The third kappa shape index (κ3) is 3.36. The first-order valence-corrected chi connectivity index (χ1v) is 9.04. The lowest BCUT2D eigenvalue weighted by Gasteiger charge is -2.14.